The number of urea groups is 1. The van der Waals surface area contributed by atoms with Crippen molar-refractivity contribution in [2.75, 3.05) is 24.9 Å². The van der Waals surface area contributed by atoms with E-state index in [2.05, 4.69) is 10.6 Å². The molecule has 0 radical (unpaired) electrons. The number of nitrogens with two attached hydrogens (primary N) is 1. The standard InChI is InChI=1S/C26H26N4O7/c1-15(31)20-13-23(36-2)24(37-3)14-21(20)22(25(27)32)12-16-4-6-17(7-5-16)28-26(33)29-18-8-10-19(11-9-18)30(34)35/h4-11,13-14,22H,12H2,1-3H3,(H2,27,32)(H2,28,29,33). The Balaban J connectivity index is 1.75. The lowest BCUT2D eigenvalue weighted by molar-refractivity contribution is -0.384. The summed E-state index contributed by atoms with van der Waals surface area (Å²) in [6.07, 6.45) is 0.209. The van der Waals surface area contributed by atoms with Gasteiger partial charge in [0.25, 0.3) is 5.69 Å². The van der Waals surface area contributed by atoms with Crippen molar-refractivity contribution >= 4 is 34.8 Å². The van der Waals surface area contributed by atoms with Crippen molar-refractivity contribution in [1.29, 1.82) is 0 Å². The predicted molar refractivity (Wildman–Crippen MR) is 137 cm³/mol. The first-order valence-electron chi connectivity index (χ1n) is 11.1. The van der Waals surface area contributed by atoms with E-state index in [1.165, 1.54) is 51.5 Å². The Morgan fingerprint density at radius 3 is 1.89 bits per heavy atom. The molecule has 0 saturated carbocycles. The van der Waals surface area contributed by atoms with Crippen LogP contribution >= 0.6 is 0 Å². The highest BCUT2D eigenvalue weighted by Gasteiger charge is 2.25. The number of ether oxygens (including phenoxy) is 2. The van der Waals surface area contributed by atoms with Gasteiger partial charge in [-0.1, -0.05) is 12.1 Å². The topological polar surface area (TPSA) is 163 Å². The molecule has 0 aliphatic carbocycles. The van der Waals surface area contributed by atoms with E-state index < -0.39 is 22.8 Å². The molecule has 1 atom stereocenters. The van der Waals surface area contributed by atoms with Crippen molar-refractivity contribution < 1.29 is 28.8 Å². The van der Waals surface area contributed by atoms with Crippen LogP contribution in [0.5, 0.6) is 11.5 Å². The minimum atomic E-state index is -0.817. The fourth-order valence-electron chi connectivity index (χ4n) is 3.77. The Bertz CT molecular complexity index is 1320. The first-order valence-corrected chi connectivity index (χ1v) is 11.1. The molecule has 0 spiro atoms. The molecule has 0 saturated heterocycles. The number of methoxy groups -OCH3 is 2. The van der Waals surface area contributed by atoms with Gasteiger partial charge in [0.2, 0.25) is 5.91 Å². The van der Waals surface area contributed by atoms with E-state index >= 15 is 0 Å². The van der Waals surface area contributed by atoms with Crippen LogP contribution in [-0.4, -0.2) is 36.9 Å². The molecule has 0 aromatic heterocycles. The quantitative estimate of drug-likeness (QED) is 0.210. The van der Waals surface area contributed by atoms with Crippen LogP contribution in [0, 0.1) is 10.1 Å². The van der Waals surface area contributed by atoms with Gasteiger partial charge in [-0.3, -0.25) is 19.7 Å². The van der Waals surface area contributed by atoms with E-state index in [9.17, 15) is 24.5 Å². The first kappa shape index (κ1) is 26.7. The normalized spacial score (nSPS) is 11.2. The summed E-state index contributed by atoms with van der Waals surface area (Å²) in [4.78, 5) is 47.2. The number of hydrogen-bond acceptors (Lipinski definition) is 7. The van der Waals surface area contributed by atoms with Gasteiger partial charge >= 0.3 is 6.03 Å². The highest BCUT2D eigenvalue weighted by atomic mass is 16.6. The maximum absolute atomic E-state index is 12.4. The second-order valence-corrected chi connectivity index (χ2v) is 8.09. The number of rotatable bonds is 10. The number of hydrogen-bond donors (Lipinski definition) is 3. The summed E-state index contributed by atoms with van der Waals surface area (Å²) < 4.78 is 10.6. The maximum Gasteiger partial charge on any atom is 0.323 e. The molecule has 4 N–H and O–H groups in total. The Kier molecular flexibility index (Phi) is 8.41. The number of nitro benzene ring substituents is 1. The van der Waals surface area contributed by atoms with Crippen LogP contribution < -0.4 is 25.8 Å². The summed E-state index contributed by atoms with van der Waals surface area (Å²) in [6.45, 7) is 1.39. The average Bonchev–Trinajstić information content (AvgIpc) is 2.87. The number of ketones is 1. The van der Waals surface area contributed by atoms with E-state index in [1.807, 2.05) is 0 Å². The summed E-state index contributed by atoms with van der Waals surface area (Å²) >= 11 is 0. The third-order valence-electron chi connectivity index (χ3n) is 5.64. The van der Waals surface area contributed by atoms with Crippen LogP contribution in [0.25, 0.3) is 0 Å². The number of carbonyl (C=O) groups is 3. The maximum atomic E-state index is 12.4. The largest absolute Gasteiger partial charge is 0.493 e. The molecule has 3 aromatic rings. The van der Waals surface area contributed by atoms with Gasteiger partial charge < -0.3 is 25.8 Å². The van der Waals surface area contributed by atoms with Gasteiger partial charge in [0.15, 0.2) is 17.3 Å². The molecule has 0 bridgehead atoms. The monoisotopic (exact) mass is 506 g/mol. The number of nitro groups is 1. The molecule has 192 valence electrons. The molecule has 11 heteroatoms. The second-order valence-electron chi connectivity index (χ2n) is 8.09. The van der Waals surface area contributed by atoms with Crippen molar-refractivity contribution in [1.82, 2.24) is 0 Å². The highest BCUT2D eigenvalue weighted by molar-refractivity contribution is 6.00. The predicted octanol–water partition coefficient (Wildman–Crippen LogP) is 4.27. The van der Waals surface area contributed by atoms with E-state index in [4.69, 9.17) is 15.2 Å². The van der Waals surface area contributed by atoms with E-state index in [-0.39, 0.29) is 17.9 Å². The number of non-ortho nitro benzene ring substituents is 1. The minimum Gasteiger partial charge on any atom is -0.493 e. The van der Waals surface area contributed by atoms with Gasteiger partial charge in [0, 0.05) is 29.1 Å². The van der Waals surface area contributed by atoms with E-state index in [0.717, 1.165) is 5.56 Å². The third-order valence-corrected chi connectivity index (χ3v) is 5.64. The van der Waals surface area contributed by atoms with Crippen molar-refractivity contribution in [3.8, 4) is 11.5 Å². The SMILES string of the molecule is COc1cc(C(C)=O)c(C(Cc2ccc(NC(=O)Nc3ccc([N+](=O)[O-])cc3)cc2)C(N)=O)cc1OC. The van der Waals surface area contributed by atoms with Crippen LogP contribution in [0.3, 0.4) is 0 Å². The molecular formula is C26H26N4O7. The molecule has 3 rings (SSSR count). The average molecular weight is 507 g/mol. The molecule has 1 unspecified atom stereocenters. The minimum absolute atomic E-state index is 0.0840. The number of nitrogens with zero attached hydrogens (tertiary/aromatic N) is 1. The number of primary amides is 1. The Morgan fingerprint density at radius 1 is 0.919 bits per heavy atom. The number of carbonyl (C=O) groups excluding carboxylic acids is 3. The number of Topliss-reactive ketones (excluding diaryl/α,β-unsaturated/α-hetero) is 1. The Hall–Kier alpha value is -4.93. The molecule has 37 heavy (non-hydrogen) atoms. The fraction of sp³-hybridized carbons (Fsp3) is 0.192. The van der Waals surface area contributed by atoms with Crippen LogP contribution in [0.4, 0.5) is 21.9 Å². The van der Waals surface area contributed by atoms with E-state index in [1.54, 1.807) is 30.3 Å². The van der Waals surface area contributed by atoms with E-state index in [0.29, 0.717) is 34.0 Å². The molecule has 0 aliphatic rings. The van der Waals surface area contributed by atoms with Crippen LogP contribution in [0.15, 0.2) is 60.7 Å². The molecule has 11 nitrogen and oxygen atoms in total. The van der Waals surface area contributed by atoms with Crippen molar-refractivity contribution in [2.45, 2.75) is 19.3 Å². The number of benzene rings is 3. The number of amides is 3. The summed E-state index contributed by atoms with van der Waals surface area (Å²) in [5.74, 6) is -0.947. The zero-order chi connectivity index (χ0) is 27.1. The van der Waals surface area contributed by atoms with Gasteiger partial charge in [0.05, 0.1) is 25.1 Å². The number of anilines is 2. The van der Waals surface area contributed by atoms with Crippen molar-refractivity contribution in [2.24, 2.45) is 5.73 Å². The van der Waals surface area contributed by atoms with Gasteiger partial charge in [-0.05, 0) is 60.9 Å². The number of nitrogens with one attached hydrogen (secondary N) is 2. The van der Waals surface area contributed by atoms with Gasteiger partial charge in [-0.15, -0.1) is 0 Å². The Labute approximate surface area is 212 Å². The smallest absolute Gasteiger partial charge is 0.323 e. The molecule has 3 aromatic carbocycles. The Morgan fingerprint density at radius 2 is 1.43 bits per heavy atom. The molecule has 0 aliphatic heterocycles. The van der Waals surface area contributed by atoms with Gasteiger partial charge in [-0.2, -0.15) is 0 Å². The highest BCUT2D eigenvalue weighted by Crippen LogP contribution is 2.35. The zero-order valence-corrected chi connectivity index (χ0v) is 20.4. The van der Waals surface area contributed by atoms with Crippen LogP contribution in [0.2, 0.25) is 0 Å². The van der Waals surface area contributed by atoms with Crippen LogP contribution in [-0.2, 0) is 11.2 Å². The van der Waals surface area contributed by atoms with Gasteiger partial charge in [-0.25, -0.2) is 4.79 Å². The molecular weight excluding hydrogens is 480 g/mol. The second kappa shape index (κ2) is 11.7. The summed E-state index contributed by atoms with van der Waals surface area (Å²) in [7, 11) is 2.91. The fourth-order valence-corrected chi connectivity index (χ4v) is 3.77. The zero-order valence-electron chi connectivity index (χ0n) is 20.4. The summed E-state index contributed by atoms with van der Waals surface area (Å²) in [5, 5.41) is 16.0. The molecule has 0 fully saturated rings. The lowest BCUT2D eigenvalue weighted by Gasteiger charge is -2.20. The third kappa shape index (κ3) is 6.60. The van der Waals surface area contributed by atoms with Crippen molar-refractivity contribution in [3.05, 3.63) is 87.5 Å². The molecule has 0 heterocycles. The summed E-state index contributed by atoms with van der Waals surface area (Å²) in [6, 6.07) is 14.8. The molecule has 3 amide bonds. The first-order chi connectivity index (χ1) is 17.6. The summed E-state index contributed by atoms with van der Waals surface area (Å²) in [5.41, 5.74) is 7.99. The lowest BCUT2D eigenvalue weighted by atomic mass is 9.86. The van der Waals surface area contributed by atoms with Gasteiger partial charge in [0.1, 0.15) is 0 Å². The van der Waals surface area contributed by atoms with Crippen LogP contribution in [0.1, 0.15) is 34.3 Å². The lowest BCUT2D eigenvalue weighted by Crippen LogP contribution is -2.25. The van der Waals surface area contributed by atoms with Crippen molar-refractivity contribution in [3.63, 3.8) is 0 Å².